The van der Waals surface area contributed by atoms with Crippen LogP contribution in [0.15, 0.2) is 109 Å². The quantitative estimate of drug-likeness (QED) is 0.156. The summed E-state index contributed by atoms with van der Waals surface area (Å²) in [7, 11) is 0. The molecule has 0 nitrogen and oxygen atoms in total. The van der Waals surface area contributed by atoms with Gasteiger partial charge in [0, 0.05) is 16.4 Å². The molecule has 0 amide bonds. The molecule has 0 aromatic heterocycles. The molecule has 156 valence electrons. The first-order valence-corrected chi connectivity index (χ1v) is 13.5. The van der Waals surface area contributed by atoms with Crippen LogP contribution in [0.4, 0.5) is 0 Å². The molecule has 4 aromatic carbocycles. The first kappa shape index (κ1) is 22.4. The zero-order valence-electron chi connectivity index (χ0n) is 17.2. The maximum atomic E-state index is 3.63. The van der Waals surface area contributed by atoms with E-state index in [4.69, 9.17) is 0 Å². The van der Waals surface area contributed by atoms with E-state index in [-0.39, 0.29) is 4.75 Å². The molecular weight excluding hydrogens is 528 g/mol. The fourth-order valence-electron chi connectivity index (χ4n) is 4.04. The fourth-order valence-corrected chi connectivity index (χ4v) is 6.14. The third kappa shape index (κ3) is 5.00. The summed E-state index contributed by atoms with van der Waals surface area (Å²) in [6, 6.07) is 39.6. The summed E-state index contributed by atoms with van der Waals surface area (Å²) in [5, 5.41) is 1.74. The highest BCUT2D eigenvalue weighted by molar-refractivity contribution is 9.08. The molecule has 0 aliphatic carbocycles. The largest absolute Gasteiger partial charge is 0.136 e. The lowest BCUT2D eigenvalue weighted by molar-refractivity contribution is 0.893. The molecule has 0 unspecified atom stereocenters. The average Bonchev–Trinajstić information content (AvgIpc) is 2.86. The Balaban J connectivity index is 1.85. The van der Waals surface area contributed by atoms with Crippen LogP contribution in [0, 0.1) is 0 Å². The van der Waals surface area contributed by atoms with E-state index in [1.165, 1.54) is 33.4 Å². The van der Waals surface area contributed by atoms with Crippen molar-refractivity contribution in [3.05, 3.63) is 143 Å². The number of hydrogen-bond donors (Lipinski definition) is 0. The zero-order chi connectivity index (χ0) is 21.5. The van der Waals surface area contributed by atoms with Crippen molar-refractivity contribution in [1.82, 2.24) is 0 Å². The summed E-state index contributed by atoms with van der Waals surface area (Å²) < 4.78 is -0.289. The van der Waals surface area contributed by atoms with Crippen molar-refractivity contribution in [2.24, 2.45) is 0 Å². The van der Waals surface area contributed by atoms with Crippen LogP contribution in [0.2, 0.25) is 0 Å². The van der Waals surface area contributed by atoms with E-state index in [0.717, 1.165) is 16.4 Å². The second-order valence-electron chi connectivity index (χ2n) is 7.49. The zero-order valence-corrected chi connectivity index (χ0v) is 21.2. The molecule has 0 saturated carbocycles. The van der Waals surface area contributed by atoms with E-state index < -0.39 is 0 Å². The van der Waals surface area contributed by atoms with Crippen LogP contribution in [0.3, 0.4) is 0 Å². The van der Waals surface area contributed by atoms with Gasteiger partial charge in [-0.2, -0.15) is 0 Å². The van der Waals surface area contributed by atoms with E-state index in [1.54, 1.807) is 0 Å². The van der Waals surface area contributed by atoms with Gasteiger partial charge in [-0.15, -0.1) is 11.8 Å². The van der Waals surface area contributed by atoms with Gasteiger partial charge >= 0.3 is 0 Å². The predicted octanol–water partition coefficient (Wildman–Crippen LogP) is 8.70. The van der Waals surface area contributed by atoms with E-state index >= 15 is 0 Å². The predicted molar refractivity (Wildman–Crippen MR) is 142 cm³/mol. The highest BCUT2D eigenvalue weighted by Crippen LogP contribution is 2.49. The molecule has 0 saturated heterocycles. The van der Waals surface area contributed by atoms with Crippen molar-refractivity contribution in [3.63, 3.8) is 0 Å². The number of rotatable bonds is 8. The summed E-state index contributed by atoms with van der Waals surface area (Å²) in [5.41, 5.74) is 7.89. The van der Waals surface area contributed by atoms with Crippen LogP contribution < -0.4 is 0 Å². The molecule has 0 aliphatic heterocycles. The SMILES string of the molecule is BrCc1cc(CBr)cc(CSC(c2ccccc2)(c2ccccc2)c2ccccc2)c1. The van der Waals surface area contributed by atoms with Crippen molar-refractivity contribution in [2.75, 3.05) is 0 Å². The van der Waals surface area contributed by atoms with Gasteiger partial charge in [-0.1, -0.05) is 141 Å². The molecule has 0 aliphatic rings. The van der Waals surface area contributed by atoms with Gasteiger partial charge in [0.15, 0.2) is 0 Å². The van der Waals surface area contributed by atoms with Crippen molar-refractivity contribution in [1.29, 1.82) is 0 Å². The molecule has 0 N–H and O–H groups in total. The molecule has 4 aromatic rings. The Labute approximate surface area is 206 Å². The minimum Gasteiger partial charge on any atom is -0.136 e. The normalized spacial score (nSPS) is 11.4. The molecule has 3 heteroatoms. The topological polar surface area (TPSA) is 0 Å². The minimum atomic E-state index is -0.289. The van der Waals surface area contributed by atoms with Gasteiger partial charge < -0.3 is 0 Å². The lowest BCUT2D eigenvalue weighted by atomic mass is 9.84. The minimum absolute atomic E-state index is 0.289. The van der Waals surface area contributed by atoms with Gasteiger partial charge in [-0.25, -0.2) is 0 Å². The summed E-state index contributed by atoms with van der Waals surface area (Å²) >= 11 is 9.26. The summed E-state index contributed by atoms with van der Waals surface area (Å²) in [6.07, 6.45) is 0. The summed E-state index contributed by atoms with van der Waals surface area (Å²) in [4.78, 5) is 0. The molecule has 31 heavy (non-hydrogen) atoms. The van der Waals surface area contributed by atoms with E-state index in [1.807, 2.05) is 11.8 Å². The third-order valence-electron chi connectivity index (χ3n) is 5.42. The molecule has 0 heterocycles. The van der Waals surface area contributed by atoms with Crippen LogP contribution in [0.25, 0.3) is 0 Å². The van der Waals surface area contributed by atoms with Crippen LogP contribution >= 0.6 is 43.6 Å². The van der Waals surface area contributed by atoms with Crippen molar-refractivity contribution < 1.29 is 0 Å². The molecule has 0 atom stereocenters. The number of alkyl halides is 2. The molecule has 4 rings (SSSR count). The van der Waals surface area contributed by atoms with Crippen LogP contribution in [0.1, 0.15) is 33.4 Å². The average molecular weight is 552 g/mol. The van der Waals surface area contributed by atoms with Crippen molar-refractivity contribution in [3.8, 4) is 0 Å². The molecule has 0 spiro atoms. The van der Waals surface area contributed by atoms with Crippen LogP contribution in [-0.2, 0) is 21.2 Å². The molecule has 0 bridgehead atoms. The van der Waals surface area contributed by atoms with E-state index in [9.17, 15) is 0 Å². The Hall–Kier alpha value is -1.81. The third-order valence-corrected chi connectivity index (χ3v) is 8.33. The maximum absolute atomic E-state index is 3.63. The highest BCUT2D eigenvalue weighted by atomic mass is 79.9. The Kier molecular flexibility index (Phi) is 7.71. The monoisotopic (exact) mass is 550 g/mol. The molecule has 0 fully saturated rings. The van der Waals surface area contributed by atoms with Crippen LogP contribution in [0.5, 0.6) is 0 Å². The molecule has 0 radical (unpaired) electrons. The standard InChI is InChI=1S/C28H24Br2S/c29-19-22-16-23(20-30)18-24(17-22)21-31-28(25-10-4-1-5-11-25,26-12-6-2-7-13-26)27-14-8-3-9-15-27/h1-18H,19-21H2. The fraction of sp³-hybridized carbons (Fsp3) is 0.143. The Morgan fingerprint density at radius 3 is 1.23 bits per heavy atom. The van der Waals surface area contributed by atoms with Gasteiger partial charge in [0.05, 0.1) is 4.75 Å². The van der Waals surface area contributed by atoms with Gasteiger partial charge in [0.25, 0.3) is 0 Å². The number of benzene rings is 4. The number of thioether (sulfide) groups is 1. The van der Waals surface area contributed by atoms with Gasteiger partial charge in [0.1, 0.15) is 0 Å². The maximum Gasteiger partial charge on any atom is 0.0910 e. The molecular formula is C28H24Br2S. The van der Waals surface area contributed by atoms with Gasteiger partial charge in [-0.05, 0) is 33.4 Å². The van der Waals surface area contributed by atoms with Crippen molar-refractivity contribution >= 4 is 43.6 Å². The second kappa shape index (κ2) is 10.7. The highest BCUT2D eigenvalue weighted by Gasteiger charge is 2.36. The second-order valence-corrected chi connectivity index (χ2v) is 9.80. The number of halogens is 2. The smallest absolute Gasteiger partial charge is 0.0910 e. The first-order valence-electron chi connectivity index (χ1n) is 10.3. The lowest BCUT2D eigenvalue weighted by Crippen LogP contribution is -2.25. The van der Waals surface area contributed by atoms with Gasteiger partial charge in [-0.3, -0.25) is 0 Å². The lowest BCUT2D eigenvalue weighted by Gasteiger charge is -2.35. The van der Waals surface area contributed by atoms with Gasteiger partial charge in [0.2, 0.25) is 0 Å². The van der Waals surface area contributed by atoms with Crippen LogP contribution in [-0.4, -0.2) is 0 Å². The van der Waals surface area contributed by atoms with E-state index in [2.05, 4.69) is 141 Å². The van der Waals surface area contributed by atoms with E-state index in [0.29, 0.717) is 0 Å². The Morgan fingerprint density at radius 2 is 0.871 bits per heavy atom. The summed E-state index contributed by atoms with van der Waals surface area (Å²) in [5.74, 6) is 0.916. The first-order chi connectivity index (χ1) is 15.3. The Bertz CT molecular complexity index is 977. The summed E-state index contributed by atoms with van der Waals surface area (Å²) in [6.45, 7) is 0. The number of hydrogen-bond acceptors (Lipinski definition) is 1. The Morgan fingerprint density at radius 1 is 0.516 bits per heavy atom. The van der Waals surface area contributed by atoms with Crippen molar-refractivity contribution in [2.45, 2.75) is 21.2 Å².